The molecule has 0 aliphatic carbocycles. The summed E-state index contributed by atoms with van der Waals surface area (Å²) in [5, 5.41) is 6.81. The van der Waals surface area contributed by atoms with Crippen LogP contribution in [0, 0.1) is 6.92 Å². The summed E-state index contributed by atoms with van der Waals surface area (Å²) >= 11 is 7.00. The number of nitrogens with zero attached hydrogens (tertiary/aromatic N) is 1. The van der Waals surface area contributed by atoms with Crippen molar-refractivity contribution in [3.8, 4) is 0 Å². The minimum Gasteiger partial charge on any atom is -0.309 e. The summed E-state index contributed by atoms with van der Waals surface area (Å²) in [5.74, 6) is 0. The molecule has 1 atom stereocenters. The topological polar surface area (TPSA) is 24.9 Å². The van der Waals surface area contributed by atoms with Gasteiger partial charge in [0, 0.05) is 29.3 Å². The monoisotopic (exact) mass is 330 g/mol. The predicted molar refractivity (Wildman–Crippen MR) is 79.0 cm³/mol. The van der Waals surface area contributed by atoms with Gasteiger partial charge in [-0.25, -0.2) is 4.98 Å². The minimum atomic E-state index is 0.408. The minimum absolute atomic E-state index is 0.408. The van der Waals surface area contributed by atoms with Crippen molar-refractivity contribution in [2.24, 2.45) is 0 Å². The van der Waals surface area contributed by atoms with Crippen LogP contribution in [-0.2, 0) is 6.42 Å². The van der Waals surface area contributed by atoms with E-state index in [0.717, 1.165) is 18.0 Å². The number of nitrogens with one attached hydrogen (secondary N) is 1. The molecule has 1 unspecified atom stereocenters. The maximum Gasteiger partial charge on any atom is 0.0897 e. The Balaban J connectivity index is 1.78. The SMILES string of the molecule is Cc1nc(CCNC(C)c2ccc(Br)s2)cs1. The zero-order valence-electron chi connectivity index (χ0n) is 9.87. The average molecular weight is 331 g/mol. The van der Waals surface area contributed by atoms with Gasteiger partial charge < -0.3 is 5.32 Å². The second kappa shape index (κ2) is 6.09. The van der Waals surface area contributed by atoms with E-state index in [1.54, 1.807) is 22.7 Å². The highest BCUT2D eigenvalue weighted by atomic mass is 79.9. The van der Waals surface area contributed by atoms with Gasteiger partial charge >= 0.3 is 0 Å². The van der Waals surface area contributed by atoms with E-state index in [-0.39, 0.29) is 0 Å². The molecule has 0 bridgehead atoms. The molecule has 1 N–H and O–H groups in total. The van der Waals surface area contributed by atoms with Crippen LogP contribution in [0.5, 0.6) is 0 Å². The van der Waals surface area contributed by atoms with Crippen LogP contribution < -0.4 is 5.32 Å². The number of aromatic nitrogens is 1. The number of rotatable bonds is 5. The van der Waals surface area contributed by atoms with Crippen molar-refractivity contribution >= 4 is 38.6 Å². The molecule has 2 nitrogen and oxygen atoms in total. The van der Waals surface area contributed by atoms with Crippen LogP contribution in [0.4, 0.5) is 0 Å². The number of aryl methyl sites for hydroxylation is 1. The molecule has 0 aromatic carbocycles. The Labute approximate surface area is 118 Å². The molecule has 0 saturated carbocycles. The molecule has 0 radical (unpaired) electrons. The van der Waals surface area contributed by atoms with E-state index in [1.165, 1.54) is 14.4 Å². The van der Waals surface area contributed by atoms with E-state index in [0.29, 0.717) is 6.04 Å². The zero-order valence-corrected chi connectivity index (χ0v) is 13.1. The Morgan fingerprint density at radius 2 is 2.29 bits per heavy atom. The molecule has 2 aromatic rings. The third-order valence-corrected chi connectivity index (χ3v) is 5.15. The quantitative estimate of drug-likeness (QED) is 0.889. The fraction of sp³-hybridized carbons (Fsp3) is 0.417. The standard InChI is InChI=1S/C12H15BrN2S2/c1-8(11-3-4-12(13)17-11)14-6-5-10-7-16-9(2)15-10/h3-4,7-8,14H,5-6H2,1-2H3. The van der Waals surface area contributed by atoms with Gasteiger partial charge in [-0.2, -0.15) is 0 Å². The average Bonchev–Trinajstić information content (AvgIpc) is 2.88. The fourth-order valence-electron chi connectivity index (χ4n) is 1.60. The number of thiophene rings is 1. The maximum absolute atomic E-state index is 4.46. The van der Waals surface area contributed by atoms with Gasteiger partial charge in [-0.05, 0) is 41.9 Å². The number of hydrogen-bond donors (Lipinski definition) is 1. The first-order chi connectivity index (χ1) is 8.15. The van der Waals surface area contributed by atoms with E-state index in [9.17, 15) is 0 Å². The lowest BCUT2D eigenvalue weighted by molar-refractivity contribution is 0.582. The Kier molecular flexibility index (Phi) is 4.73. The van der Waals surface area contributed by atoms with Crippen LogP contribution in [0.3, 0.4) is 0 Å². The van der Waals surface area contributed by atoms with E-state index in [2.05, 4.69) is 50.7 Å². The molecular weight excluding hydrogens is 316 g/mol. The first-order valence-electron chi connectivity index (χ1n) is 5.55. The summed E-state index contributed by atoms with van der Waals surface area (Å²) in [6.45, 7) is 5.22. The predicted octanol–water partition coefficient (Wildman–Crippen LogP) is 4.17. The summed E-state index contributed by atoms with van der Waals surface area (Å²) in [4.78, 5) is 5.82. The molecule has 2 aromatic heterocycles. The maximum atomic E-state index is 4.46. The molecule has 2 rings (SSSR count). The van der Waals surface area contributed by atoms with Crippen molar-refractivity contribution < 1.29 is 0 Å². The van der Waals surface area contributed by atoms with Gasteiger partial charge in [0.1, 0.15) is 0 Å². The molecule has 0 amide bonds. The first-order valence-corrected chi connectivity index (χ1v) is 8.03. The lowest BCUT2D eigenvalue weighted by Crippen LogP contribution is -2.20. The van der Waals surface area contributed by atoms with E-state index >= 15 is 0 Å². The molecular formula is C12H15BrN2S2. The molecule has 2 heterocycles. The molecule has 17 heavy (non-hydrogen) atoms. The molecule has 0 spiro atoms. The largest absolute Gasteiger partial charge is 0.309 e. The van der Waals surface area contributed by atoms with Gasteiger partial charge in [-0.15, -0.1) is 22.7 Å². The van der Waals surface area contributed by atoms with E-state index in [4.69, 9.17) is 0 Å². The smallest absolute Gasteiger partial charge is 0.0897 e. The highest BCUT2D eigenvalue weighted by Crippen LogP contribution is 2.26. The van der Waals surface area contributed by atoms with Gasteiger partial charge in [0.05, 0.1) is 14.5 Å². The van der Waals surface area contributed by atoms with Crippen molar-refractivity contribution in [3.63, 3.8) is 0 Å². The van der Waals surface area contributed by atoms with Crippen LogP contribution >= 0.6 is 38.6 Å². The highest BCUT2D eigenvalue weighted by molar-refractivity contribution is 9.11. The fourth-order valence-corrected chi connectivity index (χ4v) is 3.70. The van der Waals surface area contributed by atoms with Crippen molar-refractivity contribution in [2.45, 2.75) is 26.3 Å². The normalized spacial score (nSPS) is 12.9. The van der Waals surface area contributed by atoms with Crippen LogP contribution in [0.15, 0.2) is 21.3 Å². The third kappa shape index (κ3) is 3.88. The van der Waals surface area contributed by atoms with Gasteiger partial charge in [-0.3, -0.25) is 0 Å². The van der Waals surface area contributed by atoms with Crippen molar-refractivity contribution in [3.05, 3.63) is 36.9 Å². The molecule has 0 aliphatic heterocycles. The Morgan fingerprint density at radius 1 is 1.47 bits per heavy atom. The molecule has 0 aliphatic rings. The summed E-state index contributed by atoms with van der Waals surface area (Å²) in [5.41, 5.74) is 1.19. The number of hydrogen-bond acceptors (Lipinski definition) is 4. The van der Waals surface area contributed by atoms with Crippen LogP contribution in [-0.4, -0.2) is 11.5 Å². The van der Waals surface area contributed by atoms with Gasteiger partial charge in [0.15, 0.2) is 0 Å². The summed E-state index contributed by atoms with van der Waals surface area (Å²) < 4.78 is 1.19. The zero-order chi connectivity index (χ0) is 12.3. The van der Waals surface area contributed by atoms with Gasteiger partial charge in [-0.1, -0.05) is 0 Å². The van der Waals surface area contributed by atoms with E-state index < -0.39 is 0 Å². The molecule has 0 saturated heterocycles. The van der Waals surface area contributed by atoms with Gasteiger partial charge in [0.2, 0.25) is 0 Å². The Morgan fingerprint density at radius 3 is 2.88 bits per heavy atom. The summed E-state index contributed by atoms with van der Waals surface area (Å²) in [6.07, 6.45) is 1.00. The lowest BCUT2D eigenvalue weighted by atomic mass is 10.2. The van der Waals surface area contributed by atoms with Crippen LogP contribution in [0.2, 0.25) is 0 Å². The second-order valence-corrected chi connectivity index (χ2v) is 7.48. The molecule has 92 valence electrons. The Bertz CT molecular complexity index is 478. The molecule has 0 fully saturated rings. The second-order valence-electron chi connectivity index (χ2n) is 3.93. The van der Waals surface area contributed by atoms with E-state index in [1.807, 2.05) is 6.92 Å². The van der Waals surface area contributed by atoms with Crippen LogP contribution in [0.25, 0.3) is 0 Å². The Hall–Kier alpha value is -0.230. The lowest BCUT2D eigenvalue weighted by Gasteiger charge is -2.10. The van der Waals surface area contributed by atoms with Crippen molar-refractivity contribution in [1.82, 2.24) is 10.3 Å². The summed E-state index contributed by atoms with van der Waals surface area (Å²) in [7, 11) is 0. The van der Waals surface area contributed by atoms with Crippen LogP contribution in [0.1, 0.15) is 28.5 Å². The number of halogens is 1. The van der Waals surface area contributed by atoms with Crippen molar-refractivity contribution in [2.75, 3.05) is 6.54 Å². The van der Waals surface area contributed by atoms with Crippen molar-refractivity contribution in [1.29, 1.82) is 0 Å². The van der Waals surface area contributed by atoms with Gasteiger partial charge in [0.25, 0.3) is 0 Å². The molecule has 5 heteroatoms. The summed E-state index contributed by atoms with van der Waals surface area (Å²) in [6, 6.07) is 4.67. The number of thiazole rings is 1. The third-order valence-electron chi connectivity index (χ3n) is 2.52. The first kappa shape index (κ1) is 13.2. The highest BCUT2D eigenvalue weighted by Gasteiger charge is 2.07.